The van der Waals surface area contributed by atoms with Gasteiger partial charge in [-0.2, -0.15) is 0 Å². The summed E-state index contributed by atoms with van der Waals surface area (Å²) >= 11 is 0. The lowest BCUT2D eigenvalue weighted by atomic mass is 9.58. The smallest absolute Gasteiger partial charge is 0.186 e. The number of ether oxygens (including phenoxy) is 2. The number of aliphatic hydroxyl groups excluding tert-OH is 5. The topological polar surface area (TPSA) is 140 Å². The quantitative estimate of drug-likeness (QED) is 0.356. The first kappa shape index (κ1) is 23.0. The van der Waals surface area contributed by atoms with E-state index >= 15 is 0 Å². The number of hydrogen-bond acceptors (Lipinski definition) is 8. The van der Waals surface area contributed by atoms with Gasteiger partial charge in [0.15, 0.2) is 6.29 Å². The minimum atomic E-state index is -1.47. The maximum atomic E-state index is 11.3. The van der Waals surface area contributed by atoms with E-state index in [9.17, 15) is 30.6 Å². The fourth-order valence-electron chi connectivity index (χ4n) is 4.57. The molecule has 9 atom stereocenters. The van der Waals surface area contributed by atoms with Crippen LogP contribution < -0.4 is 0 Å². The van der Waals surface area contributed by atoms with Crippen molar-refractivity contribution < 1.29 is 40.1 Å². The van der Waals surface area contributed by atoms with Crippen molar-refractivity contribution in [3.63, 3.8) is 0 Å². The molecule has 6 N–H and O–H groups in total. The van der Waals surface area contributed by atoms with Crippen molar-refractivity contribution in [3.05, 3.63) is 0 Å². The zero-order valence-electron chi connectivity index (χ0n) is 16.7. The second kappa shape index (κ2) is 8.59. The molecule has 0 unspecified atom stereocenters. The summed E-state index contributed by atoms with van der Waals surface area (Å²) in [6.45, 7) is 7.04. The van der Waals surface area contributed by atoms with Crippen LogP contribution in [-0.4, -0.2) is 85.8 Å². The molecule has 2 aliphatic rings. The molecule has 8 nitrogen and oxygen atoms in total. The minimum absolute atomic E-state index is 0.116. The molecule has 1 heterocycles. The van der Waals surface area contributed by atoms with Crippen LogP contribution in [0.3, 0.4) is 0 Å². The average molecular weight is 392 g/mol. The van der Waals surface area contributed by atoms with Crippen molar-refractivity contribution in [2.45, 2.75) is 102 Å². The summed E-state index contributed by atoms with van der Waals surface area (Å²) < 4.78 is 11.3. The molecule has 1 aliphatic carbocycles. The highest BCUT2D eigenvalue weighted by Gasteiger charge is 2.53. The van der Waals surface area contributed by atoms with E-state index in [4.69, 9.17) is 9.47 Å². The van der Waals surface area contributed by atoms with Gasteiger partial charge in [-0.15, -0.1) is 0 Å². The molecule has 8 heteroatoms. The molecular weight excluding hydrogens is 356 g/mol. The van der Waals surface area contributed by atoms with Crippen LogP contribution in [0.2, 0.25) is 0 Å². The van der Waals surface area contributed by atoms with Crippen LogP contribution >= 0.6 is 0 Å². The predicted molar refractivity (Wildman–Crippen MR) is 96.7 cm³/mol. The summed E-state index contributed by atoms with van der Waals surface area (Å²) in [6.07, 6.45) is -5.32. The number of hydrogen-bond donors (Lipinski definition) is 6. The third kappa shape index (κ3) is 4.64. The van der Waals surface area contributed by atoms with E-state index in [2.05, 4.69) is 0 Å². The first-order valence-electron chi connectivity index (χ1n) is 9.79. The normalized spacial score (nSPS) is 46.2. The summed E-state index contributed by atoms with van der Waals surface area (Å²) in [7, 11) is 0. The van der Waals surface area contributed by atoms with E-state index in [1.54, 1.807) is 6.92 Å². The van der Waals surface area contributed by atoms with E-state index in [1.165, 1.54) is 0 Å². The lowest BCUT2D eigenvalue weighted by Gasteiger charge is -2.54. The van der Waals surface area contributed by atoms with Gasteiger partial charge >= 0.3 is 0 Å². The molecule has 0 aromatic carbocycles. The average Bonchev–Trinajstić information content (AvgIpc) is 2.58. The zero-order chi connectivity index (χ0) is 20.6. The summed E-state index contributed by atoms with van der Waals surface area (Å²) in [5, 5.41) is 60.2. The van der Waals surface area contributed by atoms with Gasteiger partial charge in [0.05, 0.1) is 24.4 Å². The van der Waals surface area contributed by atoms with Gasteiger partial charge in [-0.25, -0.2) is 0 Å². The highest BCUT2D eigenvalue weighted by atomic mass is 16.7. The molecule has 1 saturated heterocycles. The molecule has 0 aromatic rings. The maximum absolute atomic E-state index is 11.3. The molecule has 2 fully saturated rings. The van der Waals surface area contributed by atoms with Gasteiger partial charge in [-0.05, 0) is 43.9 Å². The Bertz CT molecular complexity index is 482. The SMILES string of the molecule is C[C@H](O)CC[C@@]1(O)[C@@H](C)C[C@H](O[C@H]2O[C@@H](CO)[C@H](O)[C@@H](O)[C@@H]2O)CC1(C)C. The summed E-state index contributed by atoms with van der Waals surface area (Å²) in [5.41, 5.74) is -1.46. The third-order valence-electron chi connectivity index (χ3n) is 6.46. The van der Waals surface area contributed by atoms with Gasteiger partial charge in [0, 0.05) is 0 Å². The van der Waals surface area contributed by atoms with Gasteiger partial charge in [0.1, 0.15) is 24.4 Å². The van der Waals surface area contributed by atoms with Crippen LogP contribution in [0.25, 0.3) is 0 Å². The largest absolute Gasteiger partial charge is 0.394 e. The molecular formula is C19H36O8. The molecule has 2 rings (SSSR count). The molecule has 0 amide bonds. The minimum Gasteiger partial charge on any atom is -0.394 e. The fourth-order valence-corrected chi connectivity index (χ4v) is 4.57. The summed E-state index contributed by atoms with van der Waals surface area (Å²) in [5.74, 6) is -0.116. The Balaban J connectivity index is 2.07. The van der Waals surface area contributed by atoms with Crippen LogP contribution in [-0.2, 0) is 9.47 Å². The molecule has 1 saturated carbocycles. The molecule has 0 radical (unpaired) electrons. The van der Waals surface area contributed by atoms with Crippen LogP contribution in [0.5, 0.6) is 0 Å². The van der Waals surface area contributed by atoms with Gasteiger partial charge in [-0.1, -0.05) is 20.8 Å². The van der Waals surface area contributed by atoms with Gasteiger partial charge in [0.2, 0.25) is 0 Å². The molecule has 0 bridgehead atoms. The maximum Gasteiger partial charge on any atom is 0.186 e. The molecule has 1 aliphatic heterocycles. The fraction of sp³-hybridized carbons (Fsp3) is 1.00. The van der Waals surface area contributed by atoms with Crippen molar-refractivity contribution in [2.75, 3.05) is 6.61 Å². The molecule has 0 aromatic heterocycles. The van der Waals surface area contributed by atoms with Crippen molar-refractivity contribution in [1.29, 1.82) is 0 Å². The third-order valence-corrected chi connectivity index (χ3v) is 6.46. The Morgan fingerprint density at radius 1 is 1.15 bits per heavy atom. The highest BCUT2D eigenvalue weighted by molar-refractivity contribution is 5.03. The van der Waals surface area contributed by atoms with Crippen LogP contribution in [0, 0.1) is 11.3 Å². The monoisotopic (exact) mass is 392 g/mol. The van der Waals surface area contributed by atoms with E-state index in [0.717, 1.165) is 0 Å². The number of rotatable bonds is 6. The summed E-state index contributed by atoms with van der Waals surface area (Å²) in [6, 6.07) is 0. The Morgan fingerprint density at radius 3 is 2.30 bits per heavy atom. The Labute approximate surface area is 160 Å². The molecule has 160 valence electrons. The Hall–Kier alpha value is -0.320. The first-order valence-corrected chi connectivity index (χ1v) is 9.79. The van der Waals surface area contributed by atoms with E-state index < -0.39 is 54.4 Å². The lowest BCUT2D eigenvalue weighted by molar-refractivity contribution is -0.320. The summed E-state index contributed by atoms with van der Waals surface area (Å²) in [4.78, 5) is 0. The van der Waals surface area contributed by atoms with Crippen molar-refractivity contribution in [3.8, 4) is 0 Å². The second-order valence-electron chi connectivity index (χ2n) is 8.99. The number of aliphatic hydroxyl groups is 6. The standard InChI is InChI=1S/C19H36O8/c1-10-7-12(8-18(3,4)19(10,25)6-5-11(2)21)26-17-16(24)15(23)14(22)13(9-20)27-17/h10-17,20-25H,5-9H2,1-4H3/t10-,11-,12-,13-,14-,15+,16-,17-,19+/m0/s1. The van der Waals surface area contributed by atoms with E-state index in [-0.39, 0.29) is 12.0 Å². The van der Waals surface area contributed by atoms with Crippen LogP contribution in [0.4, 0.5) is 0 Å². The highest BCUT2D eigenvalue weighted by Crippen LogP contribution is 2.50. The molecule has 0 spiro atoms. The van der Waals surface area contributed by atoms with Crippen LogP contribution in [0.15, 0.2) is 0 Å². The van der Waals surface area contributed by atoms with Crippen molar-refractivity contribution in [1.82, 2.24) is 0 Å². The van der Waals surface area contributed by atoms with Gasteiger partial charge < -0.3 is 40.1 Å². The van der Waals surface area contributed by atoms with E-state index in [1.807, 2.05) is 20.8 Å². The van der Waals surface area contributed by atoms with Gasteiger partial charge in [0.25, 0.3) is 0 Å². The Morgan fingerprint density at radius 2 is 1.78 bits per heavy atom. The predicted octanol–water partition coefficient (Wildman–Crippen LogP) is -0.480. The van der Waals surface area contributed by atoms with Crippen LogP contribution in [0.1, 0.15) is 53.4 Å². The zero-order valence-corrected chi connectivity index (χ0v) is 16.7. The van der Waals surface area contributed by atoms with Crippen molar-refractivity contribution >= 4 is 0 Å². The lowest BCUT2D eigenvalue weighted by Crippen LogP contribution is -2.61. The van der Waals surface area contributed by atoms with Crippen molar-refractivity contribution in [2.24, 2.45) is 11.3 Å². The van der Waals surface area contributed by atoms with Gasteiger partial charge in [-0.3, -0.25) is 0 Å². The first-order chi connectivity index (χ1) is 12.4. The second-order valence-corrected chi connectivity index (χ2v) is 8.99. The molecule has 27 heavy (non-hydrogen) atoms. The Kier molecular flexibility index (Phi) is 7.30. The van der Waals surface area contributed by atoms with E-state index in [0.29, 0.717) is 25.7 Å².